The minimum Gasteiger partial charge on any atom is -0.370 e. The average Bonchev–Trinajstić information content (AvgIpc) is 2.25. The molecule has 0 saturated carbocycles. The number of nitrogens with one attached hydrogen (secondary N) is 2. The van der Waals surface area contributed by atoms with E-state index in [1.165, 1.54) is 0 Å². The van der Waals surface area contributed by atoms with E-state index in [2.05, 4.69) is 15.0 Å². The molecule has 0 fully saturated rings. The van der Waals surface area contributed by atoms with Gasteiger partial charge in [0, 0.05) is 19.6 Å². The van der Waals surface area contributed by atoms with Crippen LogP contribution in [-0.2, 0) is 10.0 Å². The molecular formula is C9H22N4O2S. The van der Waals surface area contributed by atoms with Crippen LogP contribution >= 0.6 is 0 Å². The zero-order valence-corrected chi connectivity index (χ0v) is 10.8. The van der Waals surface area contributed by atoms with E-state index in [0.29, 0.717) is 32.0 Å². The average molecular weight is 250 g/mol. The molecular weight excluding hydrogens is 228 g/mol. The molecule has 0 unspecified atom stereocenters. The third kappa shape index (κ3) is 8.49. The molecule has 0 radical (unpaired) electrons. The van der Waals surface area contributed by atoms with Crippen molar-refractivity contribution in [1.29, 1.82) is 0 Å². The first-order valence-electron chi connectivity index (χ1n) is 5.53. The Hall–Kier alpha value is -0.820. The van der Waals surface area contributed by atoms with Gasteiger partial charge < -0.3 is 11.1 Å². The summed E-state index contributed by atoms with van der Waals surface area (Å²) in [6.07, 6.45) is 1.64. The summed E-state index contributed by atoms with van der Waals surface area (Å²) in [5.74, 6) is 0.528. The summed E-state index contributed by atoms with van der Waals surface area (Å²) >= 11 is 0. The molecule has 0 aliphatic rings. The Kier molecular flexibility index (Phi) is 7.92. The number of nitrogens with two attached hydrogens (primary N) is 1. The van der Waals surface area contributed by atoms with Gasteiger partial charge in [-0.3, -0.25) is 4.99 Å². The van der Waals surface area contributed by atoms with Crippen LogP contribution in [0.1, 0.15) is 26.7 Å². The van der Waals surface area contributed by atoms with E-state index in [1.54, 1.807) is 6.92 Å². The smallest absolute Gasteiger partial charge is 0.211 e. The highest BCUT2D eigenvalue weighted by Gasteiger charge is 2.03. The first kappa shape index (κ1) is 15.2. The number of rotatable bonds is 8. The molecule has 4 N–H and O–H groups in total. The summed E-state index contributed by atoms with van der Waals surface area (Å²) < 4.78 is 24.6. The molecule has 0 saturated heterocycles. The lowest BCUT2D eigenvalue weighted by atomic mass is 10.4. The first-order chi connectivity index (χ1) is 7.52. The van der Waals surface area contributed by atoms with E-state index in [9.17, 15) is 8.42 Å². The summed E-state index contributed by atoms with van der Waals surface area (Å²) in [5, 5.41) is 2.91. The highest BCUT2D eigenvalue weighted by atomic mass is 32.2. The van der Waals surface area contributed by atoms with Gasteiger partial charge in [-0.2, -0.15) is 0 Å². The van der Waals surface area contributed by atoms with E-state index < -0.39 is 10.0 Å². The summed E-state index contributed by atoms with van der Waals surface area (Å²) in [6, 6.07) is 0. The number of hydrogen-bond donors (Lipinski definition) is 3. The molecule has 0 atom stereocenters. The van der Waals surface area contributed by atoms with Gasteiger partial charge in [-0.15, -0.1) is 0 Å². The molecule has 0 heterocycles. The fourth-order valence-corrected chi connectivity index (χ4v) is 1.58. The summed E-state index contributed by atoms with van der Waals surface area (Å²) in [5.41, 5.74) is 5.55. The molecule has 0 bridgehead atoms. The molecule has 0 aromatic rings. The minimum atomic E-state index is -3.07. The fraction of sp³-hybridized carbons (Fsp3) is 0.889. The molecule has 6 nitrogen and oxygen atoms in total. The number of sulfonamides is 1. The Balaban J connectivity index is 3.54. The van der Waals surface area contributed by atoms with Crippen LogP contribution in [-0.4, -0.2) is 39.8 Å². The van der Waals surface area contributed by atoms with Gasteiger partial charge >= 0.3 is 0 Å². The van der Waals surface area contributed by atoms with E-state index >= 15 is 0 Å². The molecule has 0 aliphatic heterocycles. The van der Waals surface area contributed by atoms with E-state index in [4.69, 9.17) is 5.73 Å². The summed E-state index contributed by atoms with van der Waals surface area (Å²) in [4.78, 5) is 4.05. The van der Waals surface area contributed by atoms with Gasteiger partial charge in [0.1, 0.15) is 0 Å². The van der Waals surface area contributed by atoms with Crippen molar-refractivity contribution >= 4 is 16.0 Å². The Morgan fingerprint density at radius 3 is 2.56 bits per heavy atom. The van der Waals surface area contributed by atoms with Crippen LogP contribution in [0.15, 0.2) is 4.99 Å². The molecule has 16 heavy (non-hydrogen) atoms. The topological polar surface area (TPSA) is 96.6 Å². The van der Waals surface area contributed by atoms with Crippen molar-refractivity contribution < 1.29 is 8.42 Å². The monoisotopic (exact) mass is 250 g/mol. The predicted octanol–water partition coefficient (Wildman–Crippen LogP) is -0.370. The lowest BCUT2D eigenvalue weighted by Gasteiger charge is -2.06. The van der Waals surface area contributed by atoms with Crippen molar-refractivity contribution in [2.45, 2.75) is 26.7 Å². The number of nitrogens with zero attached hydrogens (tertiary/aromatic N) is 1. The zero-order chi connectivity index (χ0) is 12.4. The van der Waals surface area contributed by atoms with E-state index in [0.717, 1.165) is 6.42 Å². The van der Waals surface area contributed by atoms with E-state index in [-0.39, 0.29) is 5.75 Å². The first-order valence-corrected chi connectivity index (χ1v) is 7.18. The molecule has 0 spiro atoms. The second kappa shape index (κ2) is 8.35. The molecule has 0 aromatic heterocycles. The van der Waals surface area contributed by atoms with Crippen LogP contribution in [0, 0.1) is 0 Å². The van der Waals surface area contributed by atoms with Crippen LogP contribution in [0.4, 0.5) is 0 Å². The number of guanidine groups is 1. The minimum absolute atomic E-state index is 0.112. The van der Waals surface area contributed by atoms with Crippen LogP contribution in [0.2, 0.25) is 0 Å². The third-order valence-corrected chi connectivity index (χ3v) is 3.27. The maximum absolute atomic E-state index is 11.1. The van der Waals surface area contributed by atoms with Gasteiger partial charge in [0.25, 0.3) is 0 Å². The normalized spacial score (nSPS) is 12.8. The third-order valence-electron chi connectivity index (χ3n) is 1.87. The zero-order valence-electron chi connectivity index (χ0n) is 9.99. The predicted molar refractivity (Wildman–Crippen MR) is 66.9 cm³/mol. The quantitative estimate of drug-likeness (QED) is 0.311. The molecule has 7 heteroatoms. The van der Waals surface area contributed by atoms with Gasteiger partial charge in [-0.25, -0.2) is 13.1 Å². The van der Waals surface area contributed by atoms with Crippen molar-refractivity contribution in [2.24, 2.45) is 10.7 Å². The summed E-state index contributed by atoms with van der Waals surface area (Å²) in [6.45, 7) is 5.38. The van der Waals surface area contributed by atoms with Crippen LogP contribution < -0.4 is 15.8 Å². The van der Waals surface area contributed by atoms with Crippen LogP contribution in [0.3, 0.4) is 0 Å². The van der Waals surface area contributed by atoms with Gasteiger partial charge in [-0.1, -0.05) is 6.92 Å². The molecule has 0 rings (SSSR count). The van der Waals surface area contributed by atoms with Gasteiger partial charge in [0.05, 0.1) is 5.75 Å². The van der Waals surface area contributed by atoms with Crippen molar-refractivity contribution in [3.05, 3.63) is 0 Å². The van der Waals surface area contributed by atoms with Gasteiger partial charge in [0.15, 0.2) is 5.96 Å². The Morgan fingerprint density at radius 1 is 1.31 bits per heavy atom. The van der Waals surface area contributed by atoms with Crippen LogP contribution in [0.25, 0.3) is 0 Å². The number of hydrogen-bond acceptors (Lipinski definition) is 3. The molecule has 0 amide bonds. The number of aliphatic imine (C=N–C) groups is 1. The van der Waals surface area contributed by atoms with Gasteiger partial charge in [-0.05, 0) is 19.8 Å². The highest BCUT2D eigenvalue weighted by molar-refractivity contribution is 7.89. The Morgan fingerprint density at radius 2 is 2.00 bits per heavy atom. The lowest BCUT2D eigenvalue weighted by Crippen LogP contribution is -2.34. The second-order valence-electron chi connectivity index (χ2n) is 3.35. The van der Waals surface area contributed by atoms with E-state index in [1.807, 2.05) is 6.92 Å². The van der Waals surface area contributed by atoms with Crippen molar-refractivity contribution in [3.63, 3.8) is 0 Å². The summed E-state index contributed by atoms with van der Waals surface area (Å²) in [7, 11) is -3.07. The standard InChI is InChI=1S/C9H22N4O2S/c1-3-6-11-9(10)12-7-5-8-13-16(14,15)4-2/h13H,3-8H2,1-2H3,(H3,10,11,12). The maximum atomic E-state index is 11.1. The largest absolute Gasteiger partial charge is 0.370 e. The maximum Gasteiger partial charge on any atom is 0.211 e. The molecule has 0 aliphatic carbocycles. The Labute approximate surface area is 97.8 Å². The van der Waals surface area contributed by atoms with Crippen LogP contribution in [0.5, 0.6) is 0 Å². The lowest BCUT2D eigenvalue weighted by molar-refractivity contribution is 0.579. The second-order valence-corrected chi connectivity index (χ2v) is 5.44. The highest BCUT2D eigenvalue weighted by Crippen LogP contribution is 1.83. The SMILES string of the molecule is CCCN=C(N)NCCCNS(=O)(=O)CC. The van der Waals surface area contributed by atoms with Crippen molar-refractivity contribution in [1.82, 2.24) is 10.0 Å². The fourth-order valence-electron chi connectivity index (χ4n) is 0.923. The van der Waals surface area contributed by atoms with Gasteiger partial charge in [0.2, 0.25) is 10.0 Å². The van der Waals surface area contributed by atoms with Crippen molar-refractivity contribution in [3.8, 4) is 0 Å². The Bertz CT molecular complexity index is 301. The molecule has 96 valence electrons. The molecule has 0 aromatic carbocycles. The van der Waals surface area contributed by atoms with Crippen molar-refractivity contribution in [2.75, 3.05) is 25.4 Å².